The number of amides is 4. The fraction of sp³-hybridized carbons (Fsp3) is 0.438. The lowest BCUT2D eigenvalue weighted by atomic mass is 9.89. The number of nitrogens with zero attached hydrogens (tertiary/aromatic N) is 7. The highest BCUT2D eigenvalue weighted by Crippen LogP contribution is 2.39. The number of allylic oxidation sites excluding steroid dienone is 3. The van der Waals surface area contributed by atoms with Crippen molar-refractivity contribution in [3.8, 4) is 17.4 Å². The van der Waals surface area contributed by atoms with Crippen molar-refractivity contribution in [3.63, 3.8) is 0 Å². The number of benzene rings is 2. The smallest absolute Gasteiger partial charge is 0.256 e. The Labute approximate surface area is 562 Å². The predicted molar refractivity (Wildman–Crippen MR) is 364 cm³/mol. The standard InChI is InChI=1S/C25H28N2O3S.C24H27N3O4S.C24H29N3O3S/c1-17-4-9-22(23(28)12-17)27-14-20-21(25(27)29)16-31-24(20)15-30-19-7-5-18(6-8-19)13-26-10-2-3-11-26;1-16-2-4-20(21(28)10-16)27-13-18-19(24(27)29)15-32-22(18)14-31-23-5-3-17(11-25-23)12-26-6-8-30-9-7-26;1-4-26(5-2)12-17-7-9-18(10-8-17)30-14-22-19-13-27(24(29)20(19)15-31-22)21-11-6-16(3)25-23(21)28/h5-8,16,22H,1-4,9-15H2;3,5,11,15,20H,1-2,4,6-10,12-14H2;7-10,15,21H,3-6,11-14H2,1-2H3,(H,25,28)/t22-;20-;21-/m000/s1. The van der Waals surface area contributed by atoms with Crippen LogP contribution in [0.25, 0.3) is 0 Å². The van der Waals surface area contributed by atoms with Crippen molar-refractivity contribution in [2.24, 2.45) is 0 Å². The van der Waals surface area contributed by atoms with Crippen molar-refractivity contribution in [1.82, 2.24) is 39.7 Å². The van der Waals surface area contributed by atoms with Gasteiger partial charge in [0.1, 0.15) is 37.4 Å². The van der Waals surface area contributed by atoms with E-state index < -0.39 is 6.04 Å². The Balaban J connectivity index is 0.000000135. The number of thiophene rings is 3. The van der Waals surface area contributed by atoms with Crippen LogP contribution in [0.4, 0.5) is 0 Å². The normalized spacial score (nSPS) is 20.7. The second-order valence-electron chi connectivity index (χ2n) is 25.5. The second kappa shape index (κ2) is 30.4. The maximum Gasteiger partial charge on any atom is 0.256 e. The minimum absolute atomic E-state index is 0.0189. The molecule has 14 rings (SSSR count). The summed E-state index contributed by atoms with van der Waals surface area (Å²) in [6, 6.07) is 19.4. The molecule has 0 bridgehead atoms. The predicted octanol–water partition coefficient (Wildman–Crippen LogP) is 11.7. The lowest BCUT2D eigenvalue weighted by molar-refractivity contribution is -0.126. The van der Waals surface area contributed by atoms with Gasteiger partial charge < -0.3 is 39.0 Å². The van der Waals surface area contributed by atoms with Crippen molar-refractivity contribution in [2.75, 3.05) is 52.5 Å². The van der Waals surface area contributed by atoms with E-state index in [1.54, 1.807) is 37.4 Å². The molecule has 6 aliphatic heterocycles. The van der Waals surface area contributed by atoms with Gasteiger partial charge in [0.05, 0.1) is 42.0 Å². The first-order chi connectivity index (χ1) is 45.7. The number of hydrogen-bond donors (Lipinski definition) is 1. The molecule has 2 saturated carbocycles. The number of carbonyl (C=O) groups excluding carboxylic acids is 6. The molecule has 2 aliphatic carbocycles. The quantitative estimate of drug-likeness (QED) is 0.0712. The van der Waals surface area contributed by atoms with E-state index >= 15 is 0 Å². The Morgan fingerprint density at radius 3 is 1.47 bits per heavy atom. The van der Waals surface area contributed by atoms with E-state index in [9.17, 15) is 28.8 Å². The molecule has 4 amide bonds. The lowest BCUT2D eigenvalue weighted by Gasteiger charge is -2.31. The molecule has 1 N–H and O–H groups in total. The van der Waals surface area contributed by atoms with Crippen molar-refractivity contribution >= 4 is 69.2 Å². The molecule has 494 valence electrons. The van der Waals surface area contributed by atoms with Crippen LogP contribution in [0.5, 0.6) is 17.4 Å². The van der Waals surface area contributed by atoms with E-state index in [4.69, 9.17) is 18.9 Å². The molecular formula is C73H84N8O10S3. The summed E-state index contributed by atoms with van der Waals surface area (Å²) in [7, 11) is 0. The van der Waals surface area contributed by atoms with E-state index in [-0.39, 0.29) is 47.3 Å². The highest BCUT2D eigenvalue weighted by atomic mass is 32.1. The Morgan fingerprint density at radius 2 is 1.00 bits per heavy atom. The van der Waals surface area contributed by atoms with E-state index in [0.717, 1.165) is 143 Å². The number of aromatic nitrogens is 1. The van der Waals surface area contributed by atoms with Gasteiger partial charge in [0.25, 0.3) is 17.7 Å². The van der Waals surface area contributed by atoms with Crippen molar-refractivity contribution < 1.29 is 47.7 Å². The number of Topliss-reactive ketones (excluding diaryl/α,β-unsaturated/α-hetero) is 2. The number of fused-ring (bicyclic) bond motifs is 3. The van der Waals surface area contributed by atoms with Gasteiger partial charge in [-0.05, 0) is 119 Å². The lowest BCUT2D eigenvalue weighted by Crippen LogP contribution is -2.49. The van der Waals surface area contributed by atoms with Crippen LogP contribution in [0.3, 0.4) is 0 Å². The van der Waals surface area contributed by atoms with Crippen LogP contribution in [0.15, 0.2) is 120 Å². The van der Waals surface area contributed by atoms with Gasteiger partial charge in [-0.25, -0.2) is 4.98 Å². The molecular weight excluding hydrogens is 1250 g/mol. The van der Waals surface area contributed by atoms with Crippen LogP contribution in [0.2, 0.25) is 0 Å². The number of hydrogen-bond acceptors (Lipinski definition) is 17. The maximum absolute atomic E-state index is 12.9. The fourth-order valence-corrected chi connectivity index (χ4v) is 16.4. The molecule has 3 saturated heterocycles. The summed E-state index contributed by atoms with van der Waals surface area (Å²) in [6.07, 6.45) is 9.53. The number of carbonyl (C=O) groups is 6. The average molecular weight is 1330 g/mol. The Bertz CT molecular complexity index is 3640. The topological polar surface area (TPSA) is 184 Å². The van der Waals surface area contributed by atoms with Crippen LogP contribution < -0.4 is 19.5 Å². The SMILES string of the molecule is C=C1CC[C@H](N2Cc3c(csc3COc3ccc(CN(CC)CC)cc3)C2=O)C(=O)N1.C=C1CC[C@H](N2Cc3c(csc3COc3ccc(CN4CCCC4)cc3)C2=O)C(=O)C1.C=C1CC[C@H](N2Cc3c(csc3COc3ccc(CN4CCOCC4)cn3)C2=O)C(=O)C1. The number of rotatable bonds is 20. The van der Waals surface area contributed by atoms with Crippen LogP contribution in [-0.4, -0.2) is 140 Å². The summed E-state index contributed by atoms with van der Waals surface area (Å²) in [4.78, 5) is 95.9. The first kappa shape index (κ1) is 66.4. The highest BCUT2D eigenvalue weighted by molar-refractivity contribution is 7.11. The number of morpholine rings is 1. The van der Waals surface area contributed by atoms with Gasteiger partial charge in [-0.1, -0.05) is 75.1 Å². The van der Waals surface area contributed by atoms with Gasteiger partial charge in [0.2, 0.25) is 11.8 Å². The minimum atomic E-state index is -0.428. The third-order valence-electron chi connectivity index (χ3n) is 19.1. The van der Waals surface area contributed by atoms with Crippen molar-refractivity contribution in [1.29, 1.82) is 0 Å². The maximum atomic E-state index is 12.9. The summed E-state index contributed by atoms with van der Waals surface area (Å²) in [5.74, 6) is 2.18. The number of ether oxygens (including phenoxy) is 4. The summed E-state index contributed by atoms with van der Waals surface area (Å²) in [6.45, 7) is 29.4. The molecule has 2 aromatic carbocycles. The van der Waals surface area contributed by atoms with E-state index in [1.807, 2.05) is 58.7 Å². The van der Waals surface area contributed by atoms with Crippen LogP contribution in [-0.2, 0) is 78.2 Å². The largest absolute Gasteiger partial charge is 0.488 e. The zero-order valence-corrected chi connectivity index (χ0v) is 56.4. The minimum Gasteiger partial charge on any atom is -0.488 e. The third-order valence-corrected chi connectivity index (χ3v) is 22.1. The molecule has 18 nitrogen and oxygen atoms in total. The molecule has 0 unspecified atom stereocenters. The summed E-state index contributed by atoms with van der Waals surface area (Å²) >= 11 is 4.65. The average Bonchev–Trinajstić information content (AvgIpc) is 1.65. The van der Waals surface area contributed by atoms with Gasteiger partial charge in [0, 0.05) is 131 Å². The molecule has 3 atom stereocenters. The van der Waals surface area contributed by atoms with E-state index in [2.05, 4.69) is 82.9 Å². The van der Waals surface area contributed by atoms with Crippen LogP contribution >= 0.6 is 34.0 Å². The van der Waals surface area contributed by atoms with Crippen LogP contribution in [0, 0.1) is 0 Å². The fourth-order valence-electron chi connectivity index (χ4n) is 13.6. The Hall–Kier alpha value is -7.63. The van der Waals surface area contributed by atoms with Crippen molar-refractivity contribution in [2.45, 2.75) is 155 Å². The molecule has 8 aliphatic rings. The molecule has 21 heteroatoms. The van der Waals surface area contributed by atoms with Crippen molar-refractivity contribution in [3.05, 3.63) is 184 Å². The van der Waals surface area contributed by atoms with Gasteiger partial charge >= 0.3 is 0 Å². The number of likely N-dealkylation sites (tertiary alicyclic amines) is 1. The number of ketones is 2. The van der Waals surface area contributed by atoms with Gasteiger partial charge in [-0.3, -0.25) is 43.5 Å². The third kappa shape index (κ3) is 15.5. The summed E-state index contributed by atoms with van der Waals surface area (Å²) < 4.78 is 23.4. The number of pyridine rings is 1. The van der Waals surface area contributed by atoms with Crippen LogP contribution in [0.1, 0.15) is 157 Å². The molecule has 5 fully saturated rings. The van der Waals surface area contributed by atoms with E-state index in [1.165, 1.54) is 48.4 Å². The second-order valence-corrected chi connectivity index (χ2v) is 28.4. The zero-order chi connectivity index (χ0) is 65.4. The molecule has 0 spiro atoms. The van der Waals surface area contributed by atoms with Gasteiger partial charge in [-0.15, -0.1) is 34.0 Å². The Kier molecular flexibility index (Phi) is 21.5. The first-order valence-corrected chi connectivity index (χ1v) is 35.6. The Morgan fingerprint density at radius 1 is 0.553 bits per heavy atom. The molecule has 0 radical (unpaired) electrons. The van der Waals surface area contributed by atoms with Gasteiger partial charge in [0.15, 0.2) is 11.6 Å². The number of nitrogens with one attached hydrogen (secondary N) is 1. The molecule has 4 aromatic heterocycles. The number of piperidine rings is 1. The van der Waals surface area contributed by atoms with Gasteiger partial charge in [-0.2, -0.15) is 0 Å². The molecule has 94 heavy (non-hydrogen) atoms. The molecule has 10 heterocycles. The monoisotopic (exact) mass is 1330 g/mol. The zero-order valence-electron chi connectivity index (χ0n) is 54.0. The molecule has 6 aromatic rings. The highest BCUT2D eigenvalue weighted by Gasteiger charge is 2.43. The van der Waals surface area contributed by atoms with E-state index in [0.29, 0.717) is 95.0 Å². The summed E-state index contributed by atoms with van der Waals surface area (Å²) in [5, 5.41) is 8.48. The summed E-state index contributed by atoms with van der Waals surface area (Å²) in [5.41, 5.74) is 11.5. The first-order valence-electron chi connectivity index (χ1n) is 33.0.